The SMILES string of the molecule is Cn1c(-c2ccc(OCCCCCCCCCCCOC(=O)C3CC4C=CC3C4)cc2)nc2c3ccccc3c3ccccc3c21. The Hall–Kier alpha value is -4.12. The average Bonchev–Trinajstić information content (AvgIpc) is 3.82. The van der Waals surface area contributed by atoms with E-state index in [-0.39, 0.29) is 11.9 Å². The van der Waals surface area contributed by atoms with E-state index in [9.17, 15) is 4.79 Å². The lowest BCUT2D eigenvalue weighted by Gasteiger charge is -2.16. The molecule has 1 saturated carbocycles. The Morgan fingerprint density at radius 1 is 0.717 bits per heavy atom. The Balaban J connectivity index is 0.799. The minimum Gasteiger partial charge on any atom is -0.494 e. The van der Waals surface area contributed by atoms with Crippen molar-refractivity contribution in [3.63, 3.8) is 0 Å². The van der Waals surface area contributed by atoms with Crippen LogP contribution in [0.5, 0.6) is 5.75 Å². The molecule has 0 N–H and O–H groups in total. The summed E-state index contributed by atoms with van der Waals surface area (Å²) in [6.07, 6.45) is 17.4. The molecule has 5 nitrogen and oxygen atoms in total. The lowest BCUT2D eigenvalue weighted by molar-refractivity contribution is -0.149. The first-order chi connectivity index (χ1) is 22.7. The van der Waals surface area contributed by atoms with Crippen molar-refractivity contribution >= 4 is 38.5 Å². The van der Waals surface area contributed by atoms with Crippen LogP contribution in [0.4, 0.5) is 0 Å². The number of aryl methyl sites for hydroxylation is 1. The largest absolute Gasteiger partial charge is 0.494 e. The number of fused-ring (bicyclic) bond motifs is 8. The summed E-state index contributed by atoms with van der Waals surface area (Å²) in [7, 11) is 2.12. The maximum Gasteiger partial charge on any atom is 0.309 e. The summed E-state index contributed by atoms with van der Waals surface area (Å²) in [6, 6.07) is 25.6. The van der Waals surface area contributed by atoms with Gasteiger partial charge in [-0.2, -0.15) is 0 Å². The molecule has 0 saturated heterocycles. The van der Waals surface area contributed by atoms with Crippen LogP contribution in [0.15, 0.2) is 84.9 Å². The van der Waals surface area contributed by atoms with Crippen molar-refractivity contribution < 1.29 is 14.3 Å². The minimum atomic E-state index is 0.0406. The van der Waals surface area contributed by atoms with Gasteiger partial charge in [0.05, 0.1) is 30.2 Å². The van der Waals surface area contributed by atoms with Crippen molar-refractivity contribution in [3.05, 3.63) is 84.9 Å². The van der Waals surface area contributed by atoms with Gasteiger partial charge in [-0.1, -0.05) is 106 Å². The van der Waals surface area contributed by atoms with Gasteiger partial charge in [0.1, 0.15) is 11.6 Å². The van der Waals surface area contributed by atoms with E-state index >= 15 is 0 Å². The maximum absolute atomic E-state index is 12.3. The number of ether oxygens (including phenoxy) is 2. The highest BCUT2D eigenvalue weighted by molar-refractivity contribution is 6.23. The zero-order valence-electron chi connectivity index (χ0n) is 27.1. The van der Waals surface area contributed by atoms with Gasteiger partial charge in [-0.05, 0) is 72.6 Å². The van der Waals surface area contributed by atoms with E-state index in [2.05, 4.69) is 96.6 Å². The number of aromatic nitrogens is 2. The lowest BCUT2D eigenvalue weighted by Crippen LogP contribution is -2.21. The van der Waals surface area contributed by atoms with Gasteiger partial charge in [0.2, 0.25) is 0 Å². The van der Waals surface area contributed by atoms with Crippen molar-refractivity contribution in [3.8, 4) is 17.1 Å². The first-order valence-electron chi connectivity index (χ1n) is 17.5. The summed E-state index contributed by atoms with van der Waals surface area (Å²) >= 11 is 0. The standard InChI is InChI=1S/C41H46N2O3/c1-43-39-36-18-12-10-16-34(36)33-15-9-11-17-35(33)38(39)42-40(43)30-21-23-32(24-22-30)45-25-13-7-5-3-2-4-6-8-14-26-46-41(44)37-28-29-19-20-31(37)27-29/h9-12,15-24,29,31,37H,2-8,13-14,25-28H2,1H3. The van der Waals surface area contributed by atoms with Gasteiger partial charge >= 0.3 is 5.97 Å². The van der Waals surface area contributed by atoms with E-state index in [4.69, 9.17) is 14.5 Å². The molecule has 5 aromatic rings. The van der Waals surface area contributed by atoms with Gasteiger partial charge in [-0.25, -0.2) is 4.98 Å². The quantitative estimate of drug-likeness (QED) is 0.0510. The van der Waals surface area contributed by atoms with Crippen molar-refractivity contribution in [2.75, 3.05) is 13.2 Å². The van der Waals surface area contributed by atoms with Crippen LogP contribution in [-0.2, 0) is 16.6 Å². The van der Waals surface area contributed by atoms with E-state index in [0.29, 0.717) is 18.4 Å². The fourth-order valence-corrected chi connectivity index (χ4v) is 7.77. The number of nitrogens with zero attached hydrogens (tertiary/aromatic N) is 2. The van der Waals surface area contributed by atoms with Crippen molar-refractivity contribution in [1.82, 2.24) is 9.55 Å². The molecule has 0 spiro atoms. The van der Waals surface area contributed by atoms with Gasteiger partial charge in [-0.15, -0.1) is 0 Å². The highest BCUT2D eigenvalue weighted by atomic mass is 16.5. The Labute approximate surface area is 272 Å². The molecule has 1 heterocycles. The van der Waals surface area contributed by atoms with E-state index in [1.807, 2.05) is 0 Å². The Morgan fingerprint density at radius 3 is 1.98 bits per heavy atom. The first-order valence-corrected chi connectivity index (χ1v) is 17.5. The van der Waals surface area contributed by atoms with E-state index in [1.54, 1.807) is 0 Å². The molecule has 238 valence electrons. The molecule has 2 bridgehead atoms. The fourth-order valence-electron chi connectivity index (χ4n) is 7.77. The monoisotopic (exact) mass is 614 g/mol. The molecule has 3 atom stereocenters. The molecule has 5 heteroatoms. The summed E-state index contributed by atoms with van der Waals surface area (Å²) < 4.78 is 13.9. The van der Waals surface area contributed by atoms with Crippen molar-refractivity contribution in [1.29, 1.82) is 0 Å². The highest BCUT2D eigenvalue weighted by Gasteiger charge is 2.40. The number of allylic oxidation sites excluding steroid dienone is 2. The Kier molecular flexibility index (Phi) is 9.36. The molecular formula is C41H46N2O3. The zero-order chi connectivity index (χ0) is 31.3. The molecule has 1 fully saturated rings. The van der Waals surface area contributed by atoms with Crippen LogP contribution in [0.25, 0.3) is 44.0 Å². The highest BCUT2D eigenvalue weighted by Crippen LogP contribution is 2.44. The van der Waals surface area contributed by atoms with Crippen LogP contribution in [0.3, 0.4) is 0 Å². The smallest absolute Gasteiger partial charge is 0.309 e. The number of imidazole rings is 1. The number of unbranched alkanes of at least 4 members (excludes halogenated alkanes) is 8. The van der Waals surface area contributed by atoms with Crippen LogP contribution in [0, 0.1) is 17.8 Å². The van der Waals surface area contributed by atoms with Gasteiger partial charge < -0.3 is 14.0 Å². The van der Waals surface area contributed by atoms with Gasteiger partial charge in [-0.3, -0.25) is 4.79 Å². The predicted molar refractivity (Wildman–Crippen MR) is 188 cm³/mol. The number of benzene rings is 4. The molecule has 4 aromatic carbocycles. The lowest BCUT2D eigenvalue weighted by atomic mass is 9.94. The number of rotatable bonds is 15. The van der Waals surface area contributed by atoms with E-state index in [1.165, 1.54) is 65.6 Å². The second-order valence-corrected chi connectivity index (χ2v) is 13.4. The van der Waals surface area contributed by atoms with Gasteiger partial charge in [0.25, 0.3) is 0 Å². The van der Waals surface area contributed by atoms with E-state index < -0.39 is 0 Å². The fraction of sp³-hybridized carbons (Fsp3) is 0.415. The topological polar surface area (TPSA) is 53.4 Å². The molecule has 2 aliphatic carbocycles. The average molecular weight is 615 g/mol. The molecule has 2 aliphatic rings. The Morgan fingerprint density at radius 2 is 1.33 bits per heavy atom. The third kappa shape index (κ3) is 6.42. The van der Waals surface area contributed by atoms with Crippen LogP contribution in [0.1, 0.15) is 70.6 Å². The zero-order valence-corrected chi connectivity index (χ0v) is 27.1. The summed E-state index contributed by atoms with van der Waals surface area (Å²) in [5.74, 6) is 3.11. The number of carbonyl (C=O) groups is 1. The molecular weight excluding hydrogens is 568 g/mol. The summed E-state index contributed by atoms with van der Waals surface area (Å²) in [4.78, 5) is 17.5. The van der Waals surface area contributed by atoms with Crippen molar-refractivity contribution in [2.45, 2.75) is 70.6 Å². The number of hydrogen-bond donors (Lipinski definition) is 0. The van der Waals surface area contributed by atoms with Crippen LogP contribution < -0.4 is 4.74 Å². The summed E-state index contributed by atoms with van der Waals surface area (Å²) in [6.45, 7) is 1.34. The normalized spacial score (nSPS) is 18.7. The molecule has 0 radical (unpaired) electrons. The molecule has 7 rings (SSSR count). The predicted octanol–water partition coefficient (Wildman–Crippen LogP) is 10.2. The first kappa shape index (κ1) is 30.5. The molecule has 3 unspecified atom stereocenters. The number of hydrogen-bond acceptors (Lipinski definition) is 4. The maximum atomic E-state index is 12.3. The van der Waals surface area contributed by atoms with Crippen molar-refractivity contribution in [2.24, 2.45) is 24.8 Å². The summed E-state index contributed by atoms with van der Waals surface area (Å²) in [5.41, 5.74) is 3.31. The van der Waals surface area contributed by atoms with Crippen LogP contribution >= 0.6 is 0 Å². The molecule has 0 aliphatic heterocycles. The third-order valence-corrected chi connectivity index (χ3v) is 10.2. The summed E-state index contributed by atoms with van der Waals surface area (Å²) in [5, 5.41) is 4.93. The molecule has 0 amide bonds. The van der Waals surface area contributed by atoms with E-state index in [0.717, 1.165) is 61.4 Å². The Bertz CT molecular complexity index is 1840. The number of esters is 1. The second kappa shape index (κ2) is 14.1. The van der Waals surface area contributed by atoms with Gasteiger partial charge in [0, 0.05) is 23.4 Å². The minimum absolute atomic E-state index is 0.0406. The van der Waals surface area contributed by atoms with Crippen LogP contribution in [-0.4, -0.2) is 28.7 Å². The second-order valence-electron chi connectivity index (χ2n) is 13.4. The molecule has 46 heavy (non-hydrogen) atoms. The molecule has 1 aromatic heterocycles. The third-order valence-electron chi connectivity index (χ3n) is 10.2. The number of carbonyl (C=O) groups excluding carboxylic acids is 1. The van der Waals surface area contributed by atoms with Crippen LogP contribution in [0.2, 0.25) is 0 Å². The van der Waals surface area contributed by atoms with Gasteiger partial charge in [0.15, 0.2) is 0 Å².